The zero-order chi connectivity index (χ0) is 28.9. The number of rotatable bonds is 5. The zero-order valence-electron chi connectivity index (χ0n) is 24.2. The number of hydrogen-bond donors (Lipinski definition) is 0. The molecule has 4 aromatic rings. The minimum atomic E-state index is 0.0548. The van der Waals surface area contributed by atoms with Gasteiger partial charge in [-0.05, 0) is 52.4 Å². The van der Waals surface area contributed by atoms with Gasteiger partial charge < -0.3 is 0 Å². The number of nitrogens with zero attached hydrogens (tertiary/aromatic N) is 4. The van der Waals surface area contributed by atoms with Gasteiger partial charge in [0.1, 0.15) is 0 Å². The van der Waals surface area contributed by atoms with Crippen LogP contribution in [0.3, 0.4) is 0 Å². The summed E-state index contributed by atoms with van der Waals surface area (Å²) >= 11 is 6.03. The monoisotopic (exact) mass is 548 g/mol. The van der Waals surface area contributed by atoms with Gasteiger partial charge in [-0.2, -0.15) is 0 Å². The third-order valence-corrected chi connectivity index (χ3v) is 7.01. The van der Waals surface area contributed by atoms with Crippen LogP contribution in [0.2, 0.25) is 5.02 Å². The third kappa shape index (κ3) is 7.40. The van der Waals surface area contributed by atoms with Crippen LogP contribution in [0.25, 0.3) is 11.3 Å². The number of amidine groups is 2. The molecule has 0 radical (unpaired) electrons. The van der Waals surface area contributed by atoms with Crippen LogP contribution in [0.1, 0.15) is 69.4 Å². The highest BCUT2D eigenvalue weighted by molar-refractivity contribution is 6.30. The first-order valence-electron chi connectivity index (χ1n) is 13.5. The molecule has 0 aliphatic carbocycles. The van der Waals surface area contributed by atoms with Gasteiger partial charge in [-0.25, -0.2) is 9.98 Å². The highest BCUT2D eigenvalue weighted by Gasteiger charge is 2.16. The van der Waals surface area contributed by atoms with E-state index in [-0.39, 0.29) is 10.8 Å². The lowest BCUT2D eigenvalue weighted by Crippen LogP contribution is -2.12. The van der Waals surface area contributed by atoms with Crippen molar-refractivity contribution >= 4 is 30.0 Å². The summed E-state index contributed by atoms with van der Waals surface area (Å²) in [6.07, 6.45) is 1.86. The zero-order valence-corrected chi connectivity index (χ0v) is 25.0. The Morgan fingerprint density at radius 1 is 0.700 bits per heavy atom. The van der Waals surface area contributed by atoms with Crippen molar-refractivity contribution in [3.8, 4) is 11.3 Å². The number of aliphatic imine (C=N–C) groups is 3. The molecule has 0 unspecified atom stereocenters. The average Bonchev–Trinajstić information content (AvgIpc) is 2.93. The Labute approximate surface area is 243 Å². The summed E-state index contributed by atoms with van der Waals surface area (Å²) in [7, 11) is 0. The number of halogens is 1. The Morgan fingerprint density at radius 3 is 1.68 bits per heavy atom. The van der Waals surface area contributed by atoms with E-state index in [1.807, 2.05) is 54.7 Å². The highest BCUT2D eigenvalue weighted by atomic mass is 35.5. The molecule has 0 aliphatic heterocycles. The van der Waals surface area contributed by atoms with E-state index in [9.17, 15) is 0 Å². The van der Waals surface area contributed by atoms with Crippen molar-refractivity contribution in [2.24, 2.45) is 15.0 Å². The molecule has 0 bridgehead atoms. The van der Waals surface area contributed by atoms with E-state index < -0.39 is 0 Å². The van der Waals surface area contributed by atoms with Crippen LogP contribution in [0.5, 0.6) is 0 Å². The molecule has 0 amide bonds. The molecular formula is C35H37ClN4. The Bertz CT molecular complexity index is 1500. The topological polar surface area (TPSA) is 50.0 Å². The quantitative estimate of drug-likeness (QED) is 0.181. The number of hydrogen-bond acceptors (Lipinski definition) is 2. The largest absolute Gasteiger partial charge is 0.261 e. The fraction of sp³-hybridized carbons (Fsp3) is 0.257. The van der Waals surface area contributed by atoms with Gasteiger partial charge in [-0.15, -0.1) is 0 Å². The number of benzene rings is 3. The van der Waals surface area contributed by atoms with Crippen LogP contribution < -0.4 is 0 Å². The predicted octanol–water partition coefficient (Wildman–Crippen LogP) is 9.09. The van der Waals surface area contributed by atoms with Crippen molar-refractivity contribution in [1.82, 2.24) is 4.98 Å². The predicted molar refractivity (Wildman–Crippen MR) is 171 cm³/mol. The first-order chi connectivity index (χ1) is 18.9. The van der Waals surface area contributed by atoms with Crippen molar-refractivity contribution in [3.05, 3.63) is 124 Å². The fourth-order valence-electron chi connectivity index (χ4n) is 4.20. The average molecular weight is 549 g/mol. The Kier molecular flexibility index (Phi) is 8.80. The van der Waals surface area contributed by atoms with Crippen LogP contribution in [-0.4, -0.2) is 23.4 Å². The normalized spacial score (nSPS) is 12.9. The maximum Gasteiger partial charge on any atom is 0.161 e. The van der Waals surface area contributed by atoms with Gasteiger partial charge >= 0.3 is 0 Å². The molecule has 4 rings (SSSR count). The van der Waals surface area contributed by atoms with Crippen molar-refractivity contribution in [2.45, 2.75) is 58.9 Å². The molecule has 40 heavy (non-hydrogen) atoms. The van der Waals surface area contributed by atoms with Gasteiger partial charge in [0.15, 0.2) is 11.7 Å². The molecule has 5 heteroatoms. The number of aromatic nitrogens is 1. The molecule has 204 valence electrons. The molecule has 3 aromatic carbocycles. The molecule has 1 heterocycles. The lowest BCUT2D eigenvalue weighted by atomic mass is 9.86. The maximum absolute atomic E-state index is 6.03. The van der Waals surface area contributed by atoms with E-state index in [1.54, 1.807) is 0 Å². The second-order valence-electron chi connectivity index (χ2n) is 11.9. The van der Waals surface area contributed by atoms with Crippen molar-refractivity contribution in [3.63, 3.8) is 0 Å². The van der Waals surface area contributed by atoms with Crippen LogP contribution in [0.15, 0.2) is 106 Å². The van der Waals surface area contributed by atoms with E-state index in [1.165, 1.54) is 11.1 Å². The van der Waals surface area contributed by atoms with Gasteiger partial charge in [-0.3, -0.25) is 9.98 Å². The minimum Gasteiger partial charge on any atom is -0.261 e. The van der Waals surface area contributed by atoms with E-state index in [0.717, 1.165) is 27.9 Å². The van der Waals surface area contributed by atoms with Gasteiger partial charge in [0, 0.05) is 27.9 Å². The van der Waals surface area contributed by atoms with E-state index in [0.29, 0.717) is 23.2 Å². The molecule has 0 aliphatic rings. The lowest BCUT2D eigenvalue weighted by Gasteiger charge is -2.19. The van der Waals surface area contributed by atoms with Crippen LogP contribution in [0.4, 0.5) is 0 Å². The molecule has 0 N–H and O–H groups in total. The first kappa shape index (κ1) is 29.1. The van der Waals surface area contributed by atoms with E-state index >= 15 is 0 Å². The first-order valence-corrected chi connectivity index (χ1v) is 13.8. The highest BCUT2D eigenvalue weighted by Crippen LogP contribution is 2.25. The summed E-state index contributed by atoms with van der Waals surface area (Å²) in [6, 6.07) is 28.5. The fourth-order valence-corrected chi connectivity index (χ4v) is 4.32. The summed E-state index contributed by atoms with van der Waals surface area (Å²) < 4.78 is 0. The molecule has 0 saturated heterocycles. The van der Waals surface area contributed by atoms with E-state index in [2.05, 4.69) is 94.6 Å². The summed E-state index contributed by atoms with van der Waals surface area (Å²) in [6.45, 7) is 17.5. The SMILES string of the molecule is C=NC(=NC(=NCc1ccc(-c2ccc(Cl)cc2)nc1)c1ccc(C(C)(C)C)cc1)c1ccc(C(C)(C)C)cc1. The Hall–Kier alpha value is -3.89. The van der Waals surface area contributed by atoms with Crippen molar-refractivity contribution in [1.29, 1.82) is 0 Å². The molecule has 0 saturated carbocycles. The smallest absolute Gasteiger partial charge is 0.161 e. The van der Waals surface area contributed by atoms with E-state index in [4.69, 9.17) is 21.6 Å². The molecule has 4 nitrogen and oxygen atoms in total. The summed E-state index contributed by atoms with van der Waals surface area (Å²) in [5.74, 6) is 1.14. The van der Waals surface area contributed by atoms with Crippen molar-refractivity contribution < 1.29 is 0 Å². The number of pyridine rings is 1. The molecule has 0 spiro atoms. The van der Waals surface area contributed by atoms with Gasteiger partial charge in [0.05, 0.1) is 12.2 Å². The Balaban J connectivity index is 1.68. The summed E-state index contributed by atoms with van der Waals surface area (Å²) in [5.41, 5.74) is 7.33. The molecule has 1 aromatic heterocycles. The van der Waals surface area contributed by atoms with Gasteiger partial charge in [-0.1, -0.05) is 120 Å². The molecular weight excluding hydrogens is 512 g/mol. The van der Waals surface area contributed by atoms with Crippen molar-refractivity contribution in [2.75, 3.05) is 0 Å². The minimum absolute atomic E-state index is 0.0548. The summed E-state index contributed by atoms with van der Waals surface area (Å²) in [4.78, 5) is 18.8. The third-order valence-electron chi connectivity index (χ3n) is 6.76. The van der Waals surface area contributed by atoms with Crippen LogP contribution in [0, 0.1) is 0 Å². The molecule has 0 atom stereocenters. The van der Waals surface area contributed by atoms with Gasteiger partial charge in [0.25, 0.3) is 0 Å². The van der Waals surface area contributed by atoms with Crippen LogP contribution in [-0.2, 0) is 17.4 Å². The lowest BCUT2D eigenvalue weighted by molar-refractivity contribution is 0.590. The summed E-state index contributed by atoms with van der Waals surface area (Å²) in [5, 5.41) is 0.705. The Morgan fingerprint density at radius 2 is 1.23 bits per heavy atom. The molecule has 0 fully saturated rings. The maximum atomic E-state index is 6.03. The second-order valence-corrected chi connectivity index (χ2v) is 12.4. The second kappa shape index (κ2) is 12.1. The van der Waals surface area contributed by atoms with Crippen LogP contribution >= 0.6 is 11.6 Å². The standard InChI is InChI=1S/C35H37ClN4/c1-34(2,3)28-15-9-26(10-16-28)32(37-7)40-33(27-11-17-29(18-12-27)35(4,5)6)39-23-24-8-21-31(38-22-24)25-13-19-30(36)20-14-25/h8-22H,7,23H2,1-6H3. The van der Waals surface area contributed by atoms with Gasteiger partial charge in [0.2, 0.25) is 0 Å².